The van der Waals surface area contributed by atoms with Crippen LogP contribution in [0.25, 0.3) is 0 Å². The Morgan fingerprint density at radius 3 is 2.52 bits per heavy atom. The average Bonchev–Trinajstić information content (AvgIpc) is 3.16. The van der Waals surface area contributed by atoms with Gasteiger partial charge in [0.25, 0.3) is 0 Å². The van der Waals surface area contributed by atoms with Gasteiger partial charge in [-0.25, -0.2) is 4.98 Å². The molecular weight excluding hydrogens is 434 g/mol. The van der Waals surface area contributed by atoms with Gasteiger partial charge in [-0.15, -0.1) is 0 Å². The number of rotatable bonds is 8. The Labute approximate surface area is 178 Å². The first-order chi connectivity index (χ1) is 14.0. The zero-order valence-corrected chi connectivity index (χ0v) is 17.8. The van der Waals surface area contributed by atoms with Crippen molar-refractivity contribution >= 4 is 27.6 Å². The highest BCUT2D eigenvalue weighted by atomic mass is 79.9. The quantitative estimate of drug-likeness (QED) is 0.519. The van der Waals surface area contributed by atoms with Crippen molar-refractivity contribution in [2.45, 2.75) is 18.9 Å². The molecular formula is C22H22BrN3O3. The molecule has 0 saturated carbocycles. The molecule has 0 aliphatic heterocycles. The van der Waals surface area contributed by atoms with E-state index in [4.69, 9.17) is 4.74 Å². The van der Waals surface area contributed by atoms with Gasteiger partial charge in [-0.05, 0) is 18.2 Å². The van der Waals surface area contributed by atoms with E-state index >= 15 is 0 Å². The van der Waals surface area contributed by atoms with Crippen molar-refractivity contribution in [2.75, 3.05) is 7.11 Å². The van der Waals surface area contributed by atoms with Crippen LogP contribution in [-0.2, 0) is 11.8 Å². The van der Waals surface area contributed by atoms with Crippen LogP contribution in [0.15, 0.2) is 65.4 Å². The normalized spacial score (nSPS) is 11.7. The molecule has 2 aromatic carbocycles. The van der Waals surface area contributed by atoms with E-state index < -0.39 is 6.04 Å². The fourth-order valence-electron chi connectivity index (χ4n) is 3.08. The molecule has 6 nitrogen and oxygen atoms in total. The van der Waals surface area contributed by atoms with Gasteiger partial charge in [0, 0.05) is 47.9 Å². The van der Waals surface area contributed by atoms with Gasteiger partial charge in [-0.3, -0.25) is 9.59 Å². The van der Waals surface area contributed by atoms with Gasteiger partial charge in [0.05, 0.1) is 7.11 Å². The number of amides is 1. The van der Waals surface area contributed by atoms with Gasteiger partial charge in [0.15, 0.2) is 5.78 Å². The number of carbonyl (C=O) groups excluding carboxylic acids is 2. The molecule has 0 aliphatic carbocycles. The molecule has 1 N–H and O–H groups in total. The third kappa shape index (κ3) is 5.12. The van der Waals surface area contributed by atoms with Crippen molar-refractivity contribution in [3.8, 4) is 5.75 Å². The average molecular weight is 456 g/mol. The lowest BCUT2D eigenvalue weighted by Crippen LogP contribution is -2.31. The summed E-state index contributed by atoms with van der Waals surface area (Å²) in [4.78, 5) is 29.4. The topological polar surface area (TPSA) is 73.2 Å². The Bertz CT molecular complexity index is 999. The number of nitrogens with one attached hydrogen (secondary N) is 1. The third-order valence-electron chi connectivity index (χ3n) is 4.62. The fourth-order valence-corrected chi connectivity index (χ4v) is 3.35. The maximum Gasteiger partial charge on any atom is 0.221 e. The van der Waals surface area contributed by atoms with E-state index in [9.17, 15) is 9.59 Å². The number of Topliss-reactive ketones (excluding diaryl/α,β-unsaturated/α-hetero) is 1. The largest absolute Gasteiger partial charge is 0.496 e. The molecule has 0 fully saturated rings. The van der Waals surface area contributed by atoms with E-state index in [-0.39, 0.29) is 24.5 Å². The third-order valence-corrected chi connectivity index (χ3v) is 5.15. The molecule has 29 heavy (non-hydrogen) atoms. The molecule has 1 unspecified atom stereocenters. The number of methoxy groups -OCH3 is 1. The maximum atomic E-state index is 12.7. The van der Waals surface area contributed by atoms with Gasteiger partial charge in [-0.1, -0.05) is 46.3 Å². The molecule has 0 saturated heterocycles. The molecule has 0 aliphatic rings. The standard InChI is InChI=1S/C22H22BrN3O3/c1-26-14-13-24-22(26)21(17-5-3-4-6-19(17)29-2)25-20(28)12-11-18(27)15-7-9-16(23)10-8-15/h3-10,13-14,21H,11-12H2,1-2H3,(H,25,28). The molecule has 0 spiro atoms. The number of halogens is 1. The second-order valence-corrected chi connectivity index (χ2v) is 7.48. The highest BCUT2D eigenvalue weighted by Crippen LogP contribution is 2.29. The Balaban J connectivity index is 1.74. The van der Waals surface area contributed by atoms with E-state index in [0.717, 1.165) is 10.0 Å². The lowest BCUT2D eigenvalue weighted by molar-refractivity contribution is -0.121. The first-order valence-corrected chi connectivity index (χ1v) is 9.97. The number of imidazole rings is 1. The van der Waals surface area contributed by atoms with Gasteiger partial charge in [-0.2, -0.15) is 0 Å². The summed E-state index contributed by atoms with van der Waals surface area (Å²) in [6.07, 6.45) is 3.72. The Hall–Kier alpha value is -2.93. The predicted octanol–water partition coefficient (Wildman–Crippen LogP) is 4.06. The predicted molar refractivity (Wildman–Crippen MR) is 114 cm³/mol. The number of benzene rings is 2. The molecule has 1 heterocycles. The molecule has 3 rings (SSSR count). The zero-order chi connectivity index (χ0) is 20.8. The molecule has 0 radical (unpaired) electrons. The Morgan fingerprint density at radius 1 is 1.14 bits per heavy atom. The number of nitrogens with zero attached hydrogens (tertiary/aromatic N) is 2. The number of aryl methyl sites for hydroxylation is 1. The number of ketones is 1. The summed E-state index contributed by atoms with van der Waals surface area (Å²) in [6.45, 7) is 0. The monoisotopic (exact) mass is 455 g/mol. The van der Waals surface area contributed by atoms with Gasteiger partial charge in [0.2, 0.25) is 5.91 Å². The highest BCUT2D eigenvalue weighted by Gasteiger charge is 2.24. The van der Waals surface area contributed by atoms with Crippen molar-refractivity contribution in [1.29, 1.82) is 0 Å². The first-order valence-electron chi connectivity index (χ1n) is 9.18. The molecule has 3 aromatic rings. The fraction of sp³-hybridized carbons (Fsp3) is 0.227. The molecule has 150 valence electrons. The van der Waals surface area contributed by atoms with Crippen LogP contribution in [0.1, 0.15) is 40.6 Å². The van der Waals surface area contributed by atoms with Crippen molar-refractivity contribution in [1.82, 2.24) is 14.9 Å². The SMILES string of the molecule is COc1ccccc1C(NC(=O)CCC(=O)c1ccc(Br)cc1)c1nccn1C. The minimum atomic E-state index is -0.485. The lowest BCUT2D eigenvalue weighted by atomic mass is 10.0. The van der Waals surface area contributed by atoms with Crippen LogP contribution in [0, 0.1) is 0 Å². The zero-order valence-electron chi connectivity index (χ0n) is 16.3. The summed E-state index contributed by atoms with van der Waals surface area (Å²) in [5.74, 6) is 1.04. The summed E-state index contributed by atoms with van der Waals surface area (Å²) in [6, 6.07) is 14.1. The van der Waals surface area contributed by atoms with E-state index in [2.05, 4.69) is 26.2 Å². The number of aromatic nitrogens is 2. The van der Waals surface area contributed by atoms with Crippen molar-refractivity contribution in [3.63, 3.8) is 0 Å². The molecule has 7 heteroatoms. The van der Waals surface area contributed by atoms with Crippen molar-refractivity contribution in [2.24, 2.45) is 7.05 Å². The van der Waals surface area contributed by atoms with Gasteiger partial charge >= 0.3 is 0 Å². The highest BCUT2D eigenvalue weighted by molar-refractivity contribution is 9.10. The van der Waals surface area contributed by atoms with Crippen molar-refractivity contribution in [3.05, 3.63) is 82.3 Å². The Kier molecular flexibility index (Phi) is 6.82. The van der Waals surface area contributed by atoms with E-state index in [1.165, 1.54) is 0 Å². The lowest BCUT2D eigenvalue weighted by Gasteiger charge is -2.21. The Morgan fingerprint density at radius 2 is 1.86 bits per heavy atom. The minimum absolute atomic E-state index is 0.0708. The number of hydrogen-bond acceptors (Lipinski definition) is 4. The first kappa shape index (κ1) is 20.8. The number of para-hydroxylation sites is 1. The number of hydrogen-bond donors (Lipinski definition) is 1. The van der Waals surface area contributed by atoms with Crippen LogP contribution in [0.2, 0.25) is 0 Å². The second-order valence-electron chi connectivity index (χ2n) is 6.57. The van der Waals surface area contributed by atoms with Crippen LogP contribution >= 0.6 is 15.9 Å². The molecule has 0 bridgehead atoms. The van der Waals surface area contributed by atoms with Crippen LogP contribution in [-0.4, -0.2) is 28.4 Å². The van der Waals surface area contributed by atoms with Crippen LogP contribution in [0.3, 0.4) is 0 Å². The molecule has 1 atom stereocenters. The second kappa shape index (κ2) is 9.52. The summed E-state index contributed by atoms with van der Waals surface area (Å²) >= 11 is 3.35. The van der Waals surface area contributed by atoms with Crippen molar-refractivity contribution < 1.29 is 14.3 Å². The van der Waals surface area contributed by atoms with Crippen LogP contribution in [0.4, 0.5) is 0 Å². The van der Waals surface area contributed by atoms with Crippen LogP contribution < -0.4 is 10.1 Å². The number of ether oxygens (including phenoxy) is 1. The minimum Gasteiger partial charge on any atom is -0.496 e. The van der Waals surface area contributed by atoms with E-state index in [0.29, 0.717) is 17.1 Å². The summed E-state index contributed by atoms with van der Waals surface area (Å²) in [5.41, 5.74) is 1.39. The number of carbonyl (C=O) groups is 2. The van der Waals surface area contributed by atoms with Crippen LogP contribution in [0.5, 0.6) is 5.75 Å². The summed E-state index contributed by atoms with van der Waals surface area (Å²) in [5, 5.41) is 3.01. The summed E-state index contributed by atoms with van der Waals surface area (Å²) < 4.78 is 8.22. The van der Waals surface area contributed by atoms with Gasteiger partial charge < -0.3 is 14.6 Å². The smallest absolute Gasteiger partial charge is 0.221 e. The van der Waals surface area contributed by atoms with E-state index in [1.807, 2.05) is 54.2 Å². The van der Waals surface area contributed by atoms with E-state index in [1.54, 1.807) is 25.4 Å². The van der Waals surface area contributed by atoms with Gasteiger partial charge in [0.1, 0.15) is 17.6 Å². The maximum absolute atomic E-state index is 12.7. The molecule has 1 aromatic heterocycles. The molecule has 1 amide bonds. The summed E-state index contributed by atoms with van der Waals surface area (Å²) in [7, 11) is 3.46.